The van der Waals surface area contributed by atoms with E-state index in [-0.39, 0.29) is 5.56 Å². The van der Waals surface area contributed by atoms with Gasteiger partial charge < -0.3 is 16.2 Å². The monoisotopic (exact) mass is 268 g/mol. The lowest BCUT2D eigenvalue weighted by atomic mass is 10.1. The molecule has 100 valence electrons. The van der Waals surface area contributed by atoms with Gasteiger partial charge in [0.25, 0.3) is 0 Å². The first-order valence-electron chi connectivity index (χ1n) is 6.01. The van der Waals surface area contributed by atoms with Crippen LogP contribution in [0.1, 0.15) is 30.6 Å². The fraction of sp³-hybridized carbons (Fsp3) is 0.462. The molecule has 0 aliphatic carbocycles. The summed E-state index contributed by atoms with van der Waals surface area (Å²) in [4.78, 5) is 10.8. The maximum absolute atomic E-state index is 10.8. The van der Waals surface area contributed by atoms with Gasteiger partial charge in [0, 0.05) is 17.4 Å². The average molecular weight is 268 g/mol. The summed E-state index contributed by atoms with van der Waals surface area (Å²) in [7, 11) is 0. The summed E-state index contributed by atoms with van der Waals surface area (Å²) in [5.41, 5.74) is 7.00. The Bertz CT molecular complexity index is 410. The van der Waals surface area contributed by atoms with Gasteiger partial charge in [-0.3, -0.25) is 0 Å². The van der Waals surface area contributed by atoms with Gasteiger partial charge in [0.2, 0.25) is 0 Å². The number of carboxylic acids is 1. The zero-order valence-electron chi connectivity index (χ0n) is 10.8. The second-order valence-corrected chi connectivity index (χ2v) is 5.53. The van der Waals surface area contributed by atoms with Crippen molar-refractivity contribution in [2.45, 2.75) is 26.3 Å². The number of anilines is 2. The molecular weight excluding hydrogens is 248 g/mol. The molecule has 0 spiro atoms. The summed E-state index contributed by atoms with van der Waals surface area (Å²) in [5, 5.41) is 12.2. The number of rotatable bonds is 7. The number of benzene rings is 1. The molecule has 18 heavy (non-hydrogen) atoms. The van der Waals surface area contributed by atoms with Gasteiger partial charge in [-0.05, 0) is 43.0 Å². The molecule has 0 radical (unpaired) electrons. The molecule has 1 aromatic carbocycles. The average Bonchev–Trinajstić information content (AvgIpc) is 2.28. The van der Waals surface area contributed by atoms with Crippen LogP contribution in [0.15, 0.2) is 18.2 Å². The van der Waals surface area contributed by atoms with Gasteiger partial charge in [0.05, 0.1) is 5.56 Å². The maximum Gasteiger partial charge on any atom is 0.337 e. The molecule has 0 saturated heterocycles. The molecule has 1 unspecified atom stereocenters. The van der Waals surface area contributed by atoms with Crippen LogP contribution in [0.5, 0.6) is 0 Å². The molecule has 0 aromatic heterocycles. The Morgan fingerprint density at radius 1 is 1.56 bits per heavy atom. The van der Waals surface area contributed by atoms with Crippen LogP contribution in [0.4, 0.5) is 11.4 Å². The number of nitrogens with one attached hydrogen (secondary N) is 1. The number of carboxylic acid groups (broad SMARTS) is 1. The molecule has 0 fully saturated rings. The molecule has 1 rings (SSSR count). The van der Waals surface area contributed by atoms with Gasteiger partial charge in [0.15, 0.2) is 0 Å². The Morgan fingerprint density at radius 2 is 2.28 bits per heavy atom. The van der Waals surface area contributed by atoms with Crippen molar-refractivity contribution >= 4 is 29.1 Å². The number of aromatic carboxylic acids is 1. The van der Waals surface area contributed by atoms with Crippen molar-refractivity contribution in [3.63, 3.8) is 0 Å². The Balaban J connectivity index is 2.57. The third-order valence-corrected chi connectivity index (χ3v) is 3.53. The number of thioether (sulfide) groups is 1. The van der Waals surface area contributed by atoms with Gasteiger partial charge in [-0.1, -0.05) is 6.92 Å². The lowest BCUT2D eigenvalue weighted by Crippen LogP contribution is -2.16. The van der Waals surface area contributed by atoms with Crippen molar-refractivity contribution in [3.05, 3.63) is 23.8 Å². The minimum absolute atomic E-state index is 0.148. The topological polar surface area (TPSA) is 75.3 Å². The van der Waals surface area contributed by atoms with E-state index in [4.69, 9.17) is 10.8 Å². The quantitative estimate of drug-likeness (QED) is 0.523. The molecular formula is C13H20N2O2S. The van der Waals surface area contributed by atoms with E-state index in [9.17, 15) is 4.79 Å². The largest absolute Gasteiger partial charge is 0.478 e. The van der Waals surface area contributed by atoms with Gasteiger partial charge in [-0.25, -0.2) is 4.79 Å². The lowest BCUT2D eigenvalue weighted by molar-refractivity contribution is 0.0698. The molecule has 0 bridgehead atoms. The van der Waals surface area contributed by atoms with E-state index < -0.39 is 5.97 Å². The highest BCUT2D eigenvalue weighted by molar-refractivity contribution is 7.99. The standard InChI is InChI=1S/C13H20N2O2S/c1-3-18-7-6-9(2)15-10-4-5-11(13(16)17)12(14)8-10/h4-5,8-9,15H,3,6-7,14H2,1-2H3,(H,16,17). The molecule has 0 aliphatic rings. The first kappa shape index (κ1) is 14.7. The highest BCUT2D eigenvalue weighted by Crippen LogP contribution is 2.19. The summed E-state index contributed by atoms with van der Waals surface area (Å²) in [6.45, 7) is 4.26. The van der Waals surface area contributed by atoms with E-state index >= 15 is 0 Å². The summed E-state index contributed by atoms with van der Waals surface area (Å²) >= 11 is 1.91. The predicted molar refractivity (Wildman–Crippen MR) is 78.5 cm³/mol. The Kier molecular flexibility index (Phi) is 5.85. The highest BCUT2D eigenvalue weighted by atomic mass is 32.2. The van der Waals surface area contributed by atoms with E-state index in [1.165, 1.54) is 6.07 Å². The van der Waals surface area contributed by atoms with Crippen LogP contribution in [-0.2, 0) is 0 Å². The van der Waals surface area contributed by atoms with Crippen LogP contribution in [0.25, 0.3) is 0 Å². The van der Waals surface area contributed by atoms with E-state index in [0.717, 1.165) is 23.6 Å². The molecule has 1 aromatic rings. The zero-order valence-corrected chi connectivity index (χ0v) is 11.6. The van der Waals surface area contributed by atoms with Gasteiger partial charge >= 0.3 is 5.97 Å². The van der Waals surface area contributed by atoms with Crippen molar-refractivity contribution in [3.8, 4) is 0 Å². The van der Waals surface area contributed by atoms with Crippen LogP contribution in [0, 0.1) is 0 Å². The van der Waals surface area contributed by atoms with Crippen molar-refractivity contribution in [1.29, 1.82) is 0 Å². The molecule has 0 amide bonds. The summed E-state index contributed by atoms with van der Waals surface area (Å²) in [6, 6.07) is 5.31. The van der Waals surface area contributed by atoms with Crippen LogP contribution in [0.2, 0.25) is 0 Å². The molecule has 5 heteroatoms. The number of hydrogen-bond acceptors (Lipinski definition) is 4. The molecule has 0 saturated carbocycles. The fourth-order valence-electron chi connectivity index (χ4n) is 1.61. The minimum Gasteiger partial charge on any atom is -0.478 e. The Morgan fingerprint density at radius 3 is 2.83 bits per heavy atom. The van der Waals surface area contributed by atoms with Crippen LogP contribution in [0.3, 0.4) is 0 Å². The minimum atomic E-state index is -0.994. The predicted octanol–water partition coefficient (Wildman–Crippen LogP) is 2.91. The summed E-state index contributed by atoms with van der Waals surface area (Å²) in [6.07, 6.45) is 1.07. The molecule has 0 heterocycles. The van der Waals surface area contributed by atoms with E-state index in [1.807, 2.05) is 11.8 Å². The third-order valence-electron chi connectivity index (χ3n) is 2.59. The summed E-state index contributed by atoms with van der Waals surface area (Å²) in [5.74, 6) is 1.26. The smallest absolute Gasteiger partial charge is 0.337 e. The molecule has 4 N–H and O–H groups in total. The molecule has 4 nitrogen and oxygen atoms in total. The van der Waals surface area contributed by atoms with Gasteiger partial charge in [-0.2, -0.15) is 11.8 Å². The fourth-order valence-corrected chi connectivity index (χ4v) is 2.42. The van der Waals surface area contributed by atoms with E-state index in [0.29, 0.717) is 11.7 Å². The first-order chi connectivity index (χ1) is 8.54. The molecule has 1 atom stereocenters. The number of nitrogens with two attached hydrogens (primary N) is 1. The van der Waals surface area contributed by atoms with Crippen LogP contribution in [-0.4, -0.2) is 28.6 Å². The normalized spacial score (nSPS) is 12.1. The highest BCUT2D eigenvalue weighted by Gasteiger charge is 2.09. The van der Waals surface area contributed by atoms with Crippen molar-refractivity contribution in [2.24, 2.45) is 0 Å². The second kappa shape index (κ2) is 7.16. The van der Waals surface area contributed by atoms with Gasteiger partial charge in [-0.15, -0.1) is 0 Å². The Labute approximate surface area is 112 Å². The number of hydrogen-bond donors (Lipinski definition) is 3. The number of nitrogen functional groups attached to an aromatic ring is 1. The van der Waals surface area contributed by atoms with E-state index in [1.54, 1.807) is 12.1 Å². The second-order valence-electron chi connectivity index (χ2n) is 4.14. The van der Waals surface area contributed by atoms with Crippen molar-refractivity contribution in [2.75, 3.05) is 22.6 Å². The lowest BCUT2D eigenvalue weighted by Gasteiger charge is -2.15. The Hall–Kier alpha value is -1.36. The maximum atomic E-state index is 10.8. The van der Waals surface area contributed by atoms with Crippen LogP contribution < -0.4 is 11.1 Å². The van der Waals surface area contributed by atoms with Crippen molar-refractivity contribution in [1.82, 2.24) is 0 Å². The summed E-state index contributed by atoms with van der Waals surface area (Å²) < 4.78 is 0. The third kappa shape index (κ3) is 4.49. The number of carbonyl (C=O) groups is 1. The van der Waals surface area contributed by atoms with Crippen LogP contribution >= 0.6 is 11.8 Å². The van der Waals surface area contributed by atoms with Gasteiger partial charge in [0.1, 0.15) is 0 Å². The first-order valence-corrected chi connectivity index (χ1v) is 7.17. The zero-order chi connectivity index (χ0) is 13.5. The van der Waals surface area contributed by atoms with Crippen molar-refractivity contribution < 1.29 is 9.90 Å². The molecule has 0 aliphatic heterocycles. The SMILES string of the molecule is CCSCCC(C)Nc1ccc(C(=O)O)c(N)c1. The van der Waals surface area contributed by atoms with E-state index in [2.05, 4.69) is 19.2 Å².